The van der Waals surface area contributed by atoms with Crippen molar-refractivity contribution < 1.29 is 24.2 Å². The minimum absolute atomic E-state index is 0.0218. The van der Waals surface area contributed by atoms with Crippen LogP contribution in [0.15, 0.2) is 47.5 Å². The summed E-state index contributed by atoms with van der Waals surface area (Å²) in [6.07, 6.45) is 1.45. The lowest BCUT2D eigenvalue weighted by atomic mass is 10.1. The van der Waals surface area contributed by atoms with Crippen LogP contribution >= 0.6 is 11.6 Å². The molecule has 0 spiro atoms. The Morgan fingerprint density at radius 1 is 1.08 bits per heavy atom. The first-order chi connectivity index (χ1) is 12.0. The third-order valence-electron chi connectivity index (χ3n) is 3.32. The average molecular weight is 362 g/mol. The molecular weight excluding hydrogens is 346 g/mol. The van der Waals surface area contributed by atoms with E-state index in [1.165, 1.54) is 32.4 Å². The predicted octanol–water partition coefficient (Wildman–Crippen LogP) is 3.62. The van der Waals surface area contributed by atoms with Gasteiger partial charge in [0, 0.05) is 0 Å². The quantitative estimate of drug-likeness (QED) is 0.767. The van der Waals surface area contributed by atoms with Gasteiger partial charge < -0.3 is 19.9 Å². The largest absolute Gasteiger partial charge is 0.493 e. The Hall–Kier alpha value is -2.99. The van der Waals surface area contributed by atoms with E-state index < -0.39 is 11.9 Å². The summed E-state index contributed by atoms with van der Waals surface area (Å²) >= 11 is 6.05. The smallest absolute Gasteiger partial charge is 0.337 e. The van der Waals surface area contributed by atoms with Gasteiger partial charge in [0.15, 0.2) is 11.5 Å². The summed E-state index contributed by atoms with van der Waals surface area (Å²) in [7, 11) is 3.02. The monoisotopic (exact) mass is 361 g/mol. The summed E-state index contributed by atoms with van der Waals surface area (Å²) < 4.78 is 10.3. The minimum Gasteiger partial charge on any atom is -0.493 e. The third-order valence-corrected chi connectivity index (χ3v) is 3.60. The highest BCUT2D eigenvalue weighted by atomic mass is 35.5. The number of benzene rings is 2. The van der Waals surface area contributed by atoms with Crippen LogP contribution < -0.4 is 14.8 Å². The maximum atomic E-state index is 12.2. The number of amides is 1. The summed E-state index contributed by atoms with van der Waals surface area (Å²) in [5, 5.41) is 11.5. The SMILES string of the molecule is COc1ccc(/C=C(\Cl)C(=O)Nc2ccccc2C(=O)O)cc1OC. The fourth-order valence-corrected chi connectivity index (χ4v) is 2.29. The molecule has 130 valence electrons. The predicted molar refractivity (Wildman–Crippen MR) is 95.4 cm³/mol. The van der Waals surface area contributed by atoms with Crippen molar-refractivity contribution in [2.45, 2.75) is 0 Å². The topological polar surface area (TPSA) is 84.9 Å². The van der Waals surface area contributed by atoms with Gasteiger partial charge in [0.05, 0.1) is 25.5 Å². The van der Waals surface area contributed by atoms with E-state index in [1.807, 2.05) is 0 Å². The molecule has 0 saturated heterocycles. The Kier molecular flexibility index (Phi) is 6.03. The third kappa shape index (κ3) is 4.51. The molecule has 2 aromatic rings. The molecule has 0 fully saturated rings. The molecule has 2 aromatic carbocycles. The second kappa shape index (κ2) is 8.21. The van der Waals surface area contributed by atoms with Gasteiger partial charge in [-0.2, -0.15) is 0 Å². The Morgan fingerprint density at radius 2 is 1.76 bits per heavy atom. The fourth-order valence-electron chi connectivity index (χ4n) is 2.12. The van der Waals surface area contributed by atoms with Crippen LogP contribution in [0.1, 0.15) is 15.9 Å². The van der Waals surface area contributed by atoms with Gasteiger partial charge in [-0.25, -0.2) is 4.79 Å². The van der Waals surface area contributed by atoms with E-state index in [-0.39, 0.29) is 16.3 Å². The fraction of sp³-hybridized carbons (Fsp3) is 0.111. The molecule has 0 heterocycles. The van der Waals surface area contributed by atoms with E-state index in [4.69, 9.17) is 26.2 Å². The van der Waals surface area contributed by atoms with Crippen molar-refractivity contribution in [2.24, 2.45) is 0 Å². The summed E-state index contributed by atoms with van der Waals surface area (Å²) in [5.41, 5.74) is 0.773. The molecule has 2 rings (SSSR count). The van der Waals surface area contributed by atoms with Gasteiger partial charge in [-0.05, 0) is 35.9 Å². The number of hydrogen-bond donors (Lipinski definition) is 2. The van der Waals surface area contributed by atoms with E-state index in [2.05, 4.69) is 5.32 Å². The molecule has 7 heteroatoms. The number of para-hydroxylation sites is 1. The first-order valence-electron chi connectivity index (χ1n) is 7.19. The van der Waals surface area contributed by atoms with E-state index in [9.17, 15) is 9.59 Å². The summed E-state index contributed by atoms with van der Waals surface area (Å²) in [6.45, 7) is 0. The number of aromatic carboxylic acids is 1. The Labute approximate surface area is 149 Å². The Bertz CT molecular complexity index is 832. The molecule has 2 N–H and O–H groups in total. The number of anilines is 1. The van der Waals surface area contributed by atoms with Crippen molar-refractivity contribution in [1.82, 2.24) is 0 Å². The van der Waals surface area contributed by atoms with Gasteiger partial charge in [0.25, 0.3) is 5.91 Å². The zero-order chi connectivity index (χ0) is 18.4. The Morgan fingerprint density at radius 3 is 2.40 bits per heavy atom. The van der Waals surface area contributed by atoms with Gasteiger partial charge in [0.2, 0.25) is 0 Å². The van der Waals surface area contributed by atoms with Crippen LogP contribution in [0.25, 0.3) is 6.08 Å². The number of carbonyl (C=O) groups excluding carboxylic acids is 1. The highest BCUT2D eigenvalue weighted by Gasteiger charge is 2.14. The molecule has 0 unspecified atom stereocenters. The van der Waals surface area contributed by atoms with Crippen LogP contribution in [-0.4, -0.2) is 31.2 Å². The molecule has 0 atom stereocenters. The van der Waals surface area contributed by atoms with Crippen molar-refractivity contribution in [2.75, 3.05) is 19.5 Å². The molecule has 0 radical (unpaired) electrons. The first kappa shape index (κ1) is 18.4. The number of carboxylic acids is 1. The van der Waals surface area contributed by atoms with Crippen LogP contribution in [-0.2, 0) is 4.79 Å². The van der Waals surface area contributed by atoms with Crippen LogP contribution in [0.2, 0.25) is 0 Å². The molecular formula is C18H16ClNO5. The molecule has 1 amide bonds. The zero-order valence-electron chi connectivity index (χ0n) is 13.6. The van der Waals surface area contributed by atoms with Gasteiger partial charge in [-0.3, -0.25) is 4.79 Å². The van der Waals surface area contributed by atoms with E-state index in [1.54, 1.807) is 30.3 Å². The summed E-state index contributed by atoms with van der Waals surface area (Å²) in [4.78, 5) is 23.4. The maximum absolute atomic E-state index is 12.2. The normalized spacial score (nSPS) is 10.9. The van der Waals surface area contributed by atoms with Crippen molar-refractivity contribution >= 4 is 35.2 Å². The molecule has 0 bridgehead atoms. The van der Waals surface area contributed by atoms with Crippen molar-refractivity contribution in [1.29, 1.82) is 0 Å². The molecule has 0 aliphatic rings. The van der Waals surface area contributed by atoms with E-state index in [0.717, 1.165) is 0 Å². The lowest BCUT2D eigenvalue weighted by molar-refractivity contribution is -0.112. The van der Waals surface area contributed by atoms with Crippen molar-refractivity contribution in [3.8, 4) is 11.5 Å². The van der Waals surface area contributed by atoms with Gasteiger partial charge in [-0.15, -0.1) is 0 Å². The van der Waals surface area contributed by atoms with Gasteiger partial charge in [-0.1, -0.05) is 29.8 Å². The first-order valence-corrected chi connectivity index (χ1v) is 7.57. The average Bonchev–Trinajstić information content (AvgIpc) is 2.61. The van der Waals surface area contributed by atoms with Crippen molar-refractivity contribution in [3.63, 3.8) is 0 Å². The number of methoxy groups -OCH3 is 2. The number of rotatable bonds is 6. The molecule has 0 aliphatic carbocycles. The molecule has 0 aromatic heterocycles. The number of nitrogens with one attached hydrogen (secondary N) is 1. The van der Waals surface area contributed by atoms with E-state index >= 15 is 0 Å². The highest BCUT2D eigenvalue weighted by molar-refractivity contribution is 6.45. The van der Waals surface area contributed by atoms with Crippen LogP contribution in [0, 0.1) is 0 Å². The van der Waals surface area contributed by atoms with Crippen LogP contribution in [0.4, 0.5) is 5.69 Å². The number of carboxylic acid groups (broad SMARTS) is 1. The highest BCUT2D eigenvalue weighted by Crippen LogP contribution is 2.29. The summed E-state index contributed by atoms with van der Waals surface area (Å²) in [5.74, 6) is -0.714. The van der Waals surface area contributed by atoms with Gasteiger partial charge in [0.1, 0.15) is 5.03 Å². The lowest BCUT2D eigenvalue weighted by Gasteiger charge is -2.09. The van der Waals surface area contributed by atoms with Crippen LogP contribution in [0.5, 0.6) is 11.5 Å². The summed E-state index contributed by atoms with van der Waals surface area (Å²) in [6, 6.07) is 11.1. The number of ether oxygens (including phenoxy) is 2. The number of hydrogen-bond acceptors (Lipinski definition) is 4. The number of halogens is 1. The Balaban J connectivity index is 2.23. The van der Waals surface area contributed by atoms with Crippen molar-refractivity contribution in [3.05, 3.63) is 58.6 Å². The molecule has 6 nitrogen and oxygen atoms in total. The zero-order valence-corrected chi connectivity index (χ0v) is 14.3. The standard InChI is InChI=1S/C18H16ClNO5/c1-24-15-8-7-11(10-16(15)25-2)9-13(19)17(21)20-14-6-4-3-5-12(14)18(22)23/h3-10H,1-2H3,(H,20,21)(H,22,23)/b13-9-. The molecule has 0 aliphatic heterocycles. The van der Waals surface area contributed by atoms with Gasteiger partial charge >= 0.3 is 5.97 Å². The number of carbonyl (C=O) groups is 2. The van der Waals surface area contributed by atoms with Crippen LogP contribution in [0.3, 0.4) is 0 Å². The van der Waals surface area contributed by atoms with E-state index in [0.29, 0.717) is 17.1 Å². The molecule has 0 saturated carbocycles. The second-order valence-electron chi connectivity index (χ2n) is 4.91. The maximum Gasteiger partial charge on any atom is 0.337 e. The minimum atomic E-state index is -1.14. The lowest BCUT2D eigenvalue weighted by Crippen LogP contribution is -2.14. The second-order valence-corrected chi connectivity index (χ2v) is 5.32. The molecule has 25 heavy (non-hydrogen) atoms.